The predicted octanol–water partition coefficient (Wildman–Crippen LogP) is -2.39. The summed E-state index contributed by atoms with van der Waals surface area (Å²) >= 11 is 0. The fourth-order valence-electron chi connectivity index (χ4n) is 5.39. The molecule has 2 aliphatic rings. The van der Waals surface area contributed by atoms with Gasteiger partial charge in [0.2, 0.25) is 0 Å². The van der Waals surface area contributed by atoms with Gasteiger partial charge in [0.15, 0.2) is 11.0 Å². The molecule has 5 rings (SSSR count). The molecule has 11 N–H and O–H groups in total. The summed E-state index contributed by atoms with van der Waals surface area (Å²) < 4.78 is 17.0. The quantitative estimate of drug-likeness (QED) is 0.147. The summed E-state index contributed by atoms with van der Waals surface area (Å²) in [6.45, 7) is -1.70. The topological polar surface area (TPSA) is 271 Å². The van der Waals surface area contributed by atoms with Crippen molar-refractivity contribution in [1.82, 2.24) is 0 Å². The minimum Gasteiger partial charge on any atom is -0.508 e. The van der Waals surface area contributed by atoms with Crippen LogP contribution in [0.2, 0.25) is 0 Å². The largest absolute Gasteiger partial charge is 0.508 e. The van der Waals surface area contributed by atoms with Crippen LogP contribution in [0.25, 0.3) is 22.3 Å². The molecule has 3 aromatic rings. The number of aliphatic hydroxyl groups is 8. The third-order valence-electron chi connectivity index (χ3n) is 7.70. The molecule has 1 aromatic heterocycles. The Labute approximate surface area is 235 Å². The van der Waals surface area contributed by atoms with E-state index in [2.05, 4.69) is 0 Å². The number of ether oxygens (including phenoxy) is 2. The number of aliphatic hydroxyl groups excluding tert-OH is 8. The van der Waals surface area contributed by atoms with E-state index in [-0.39, 0.29) is 17.1 Å². The SMILES string of the molecule is O=c1cc(-c2ccc(O)cc2)oc2c([C@@H]3O[C@@H](CO)[C@@H](O)[C@H](O)[C@@H]3O)c(O)c([C@@H]3O[C@@H](CO)[C@@H](O)[C@H](O)[C@H]3O)c(O)c12. The van der Waals surface area contributed by atoms with Crippen LogP contribution in [0.5, 0.6) is 17.2 Å². The first kappa shape index (κ1) is 30.1. The Balaban J connectivity index is 1.82. The molecule has 0 saturated carbocycles. The lowest BCUT2D eigenvalue weighted by molar-refractivity contribution is -0.234. The molecule has 2 aromatic carbocycles. The number of fused-ring (bicyclic) bond motifs is 1. The summed E-state index contributed by atoms with van der Waals surface area (Å²) in [6, 6.07) is 6.37. The first-order chi connectivity index (χ1) is 19.9. The van der Waals surface area contributed by atoms with E-state index in [0.29, 0.717) is 0 Å². The lowest BCUT2D eigenvalue weighted by atomic mass is 9.85. The van der Waals surface area contributed by atoms with E-state index < -0.39 is 113 Å². The second-order valence-corrected chi connectivity index (χ2v) is 10.2. The molecule has 10 atom stereocenters. The fraction of sp³-hybridized carbons (Fsp3) is 0.444. The van der Waals surface area contributed by atoms with Crippen molar-refractivity contribution in [3.8, 4) is 28.6 Å². The van der Waals surface area contributed by atoms with Gasteiger partial charge in [-0.3, -0.25) is 4.79 Å². The van der Waals surface area contributed by atoms with Crippen LogP contribution < -0.4 is 5.43 Å². The normalized spacial score (nSPS) is 33.6. The van der Waals surface area contributed by atoms with E-state index >= 15 is 0 Å². The molecular formula is C27H30O15. The van der Waals surface area contributed by atoms with Crippen LogP contribution >= 0.6 is 0 Å². The van der Waals surface area contributed by atoms with Gasteiger partial charge < -0.3 is 70.1 Å². The van der Waals surface area contributed by atoms with Crippen LogP contribution in [-0.2, 0) is 9.47 Å². The molecular weight excluding hydrogens is 564 g/mol. The van der Waals surface area contributed by atoms with E-state index in [0.717, 1.165) is 6.07 Å². The van der Waals surface area contributed by atoms with Crippen LogP contribution in [0.3, 0.4) is 0 Å². The second kappa shape index (κ2) is 11.4. The summed E-state index contributed by atoms with van der Waals surface area (Å²) in [5.41, 5.74) is -2.48. The van der Waals surface area contributed by atoms with E-state index in [4.69, 9.17) is 13.9 Å². The molecule has 228 valence electrons. The first-order valence-electron chi connectivity index (χ1n) is 12.9. The second-order valence-electron chi connectivity index (χ2n) is 10.2. The maximum absolute atomic E-state index is 13.5. The minimum absolute atomic E-state index is 0.0941. The zero-order valence-electron chi connectivity index (χ0n) is 21.6. The number of benzene rings is 2. The number of aromatic hydroxyl groups is 3. The van der Waals surface area contributed by atoms with Crippen LogP contribution in [0, 0.1) is 0 Å². The average molecular weight is 595 g/mol. The maximum atomic E-state index is 13.5. The van der Waals surface area contributed by atoms with Crippen LogP contribution in [0.4, 0.5) is 0 Å². The van der Waals surface area contributed by atoms with Gasteiger partial charge in [0, 0.05) is 11.6 Å². The summed E-state index contributed by atoms with van der Waals surface area (Å²) in [6.07, 6.45) is -18.2. The first-order valence-corrected chi connectivity index (χ1v) is 12.9. The molecule has 0 radical (unpaired) electrons. The van der Waals surface area contributed by atoms with Gasteiger partial charge in [-0.2, -0.15) is 0 Å². The van der Waals surface area contributed by atoms with Crippen LogP contribution in [-0.4, -0.2) is 118 Å². The van der Waals surface area contributed by atoms with Crippen molar-refractivity contribution in [2.75, 3.05) is 13.2 Å². The van der Waals surface area contributed by atoms with Crippen molar-refractivity contribution in [1.29, 1.82) is 0 Å². The van der Waals surface area contributed by atoms with Gasteiger partial charge in [-0.1, -0.05) is 0 Å². The number of phenols is 3. The summed E-state index contributed by atoms with van der Waals surface area (Å²) in [4.78, 5) is 13.5. The standard InChI is InChI=1S/C27H30O15/c28-6-12-17(32)21(36)23(38)26(41-12)15-19(34)14-10(31)5-11(8-1-3-9(30)4-2-8)40-25(14)16(20(15)35)27-24(39)22(37)18(33)13(7-29)42-27/h1-5,12-13,17-18,21-24,26-30,32-39H,6-7H2/t12-,13-,17+,18+,21-,22-,23+,24-,26-,27-/m0/s1. The molecule has 0 amide bonds. The van der Waals surface area contributed by atoms with Gasteiger partial charge >= 0.3 is 0 Å². The van der Waals surface area contributed by atoms with Gasteiger partial charge in [0.05, 0.1) is 24.3 Å². The molecule has 2 saturated heterocycles. The number of hydrogen-bond donors (Lipinski definition) is 11. The van der Waals surface area contributed by atoms with Crippen molar-refractivity contribution in [2.45, 2.75) is 61.0 Å². The molecule has 0 bridgehead atoms. The Morgan fingerprint density at radius 2 is 1.14 bits per heavy atom. The van der Waals surface area contributed by atoms with Gasteiger partial charge in [-0.15, -0.1) is 0 Å². The maximum Gasteiger partial charge on any atom is 0.197 e. The van der Waals surface area contributed by atoms with Crippen LogP contribution in [0.1, 0.15) is 23.3 Å². The highest BCUT2D eigenvalue weighted by atomic mass is 16.6. The zero-order chi connectivity index (χ0) is 30.6. The monoisotopic (exact) mass is 594 g/mol. The molecule has 0 unspecified atom stereocenters. The molecule has 0 spiro atoms. The lowest BCUT2D eigenvalue weighted by Gasteiger charge is -2.42. The zero-order valence-corrected chi connectivity index (χ0v) is 21.6. The third kappa shape index (κ3) is 4.79. The lowest BCUT2D eigenvalue weighted by Crippen LogP contribution is -2.55. The Morgan fingerprint density at radius 3 is 1.64 bits per heavy atom. The molecule has 2 fully saturated rings. The molecule has 0 aliphatic carbocycles. The smallest absolute Gasteiger partial charge is 0.197 e. The highest BCUT2D eigenvalue weighted by molar-refractivity contribution is 5.92. The highest BCUT2D eigenvalue weighted by Gasteiger charge is 2.50. The average Bonchev–Trinajstić information content (AvgIpc) is 2.97. The van der Waals surface area contributed by atoms with Gasteiger partial charge in [0.1, 0.15) is 89.4 Å². The van der Waals surface area contributed by atoms with Gasteiger partial charge in [0.25, 0.3) is 0 Å². The summed E-state index contributed by atoms with van der Waals surface area (Å²) in [5.74, 6) is -2.20. The van der Waals surface area contributed by atoms with E-state index in [1.807, 2.05) is 0 Å². The number of rotatable bonds is 5. The molecule has 15 nitrogen and oxygen atoms in total. The van der Waals surface area contributed by atoms with Gasteiger partial charge in [-0.05, 0) is 24.3 Å². The Kier molecular flexibility index (Phi) is 8.16. The Hall–Kier alpha value is -3.35. The molecule has 15 heteroatoms. The van der Waals surface area contributed by atoms with Crippen molar-refractivity contribution >= 4 is 11.0 Å². The fourth-order valence-corrected chi connectivity index (χ4v) is 5.39. The Morgan fingerprint density at radius 1 is 0.643 bits per heavy atom. The van der Waals surface area contributed by atoms with E-state index in [1.54, 1.807) is 0 Å². The van der Waals surface area contributed by atoms with Crippen LogP contribution in [0.15, 0.2) is 39.5 Å². The van der Waals surface area contributed by atoms with Crippen molar-refractivity contribution in [2.24, 2.45) is 0 Å². The van der Waals surface area contributed by atoms with Gasteiger partial charge in [-0.25, -0.2) is 0 Å². The summed E-state index contributed by atoms with van der Waals surface area (Å²) in [7, 11) is 0. The van der Waals surface area contributed by atoms with Crippen molar-refractivity contribution in [3.05, 3.63) is 51.7 Å². The minimum atomic E-state index is -2.02. The highest BCUT2D eigenvalue weighted by Crippen LogP contribution is 2.51. The molecule has 2 aliphatic heterocycles. The predicted molar refractivity (Wildman–Crippen MR) is 138 cm³/mol. The van der Waals surface area contributed by atoms with E-state index in [9.17, 15) is 61.0 Å². The molecule has 42 heavy (non-hydrogen) atoms. The third-order valence-corrected chi connectivity index (χ3v) is 7.70. The number of hydrogen-bond acceptors (Lipinski definition) is 15. The Bertz CT molecular complexity index is 1500. The molecule has 3 heterocycles. The van der Waals surface area contributed by atoms with E-state index in [1.165, 1.54) is 24.3 Å². The van der Waals surface area contributed by atoms with Crippen molar-refractivity contribution in [3.63, 3.8) is 0 Å². The summed E-state index contributed by atoms with van der Waals surface area (Å²) in [5, 5.41) is 114. The number of phenolic OH excluding ortho intramolecular Hbond substituents is 3. The van der Waals surface area contributed by atoms with Crippen molar-refractivity contribution < 1.29 is 70.1 Å².